The summed E-state index contributed by atoms with van der Waals surface area (Å²) in [6.45, 7) is 0.866. The predicted octanol–water partition coefficient (Wildman–Crippen LogP) is 2.07. The van der Waals surface area contributed by atoms with Crippen molar-refractivity contribution in [3.8, 4) is 0 Å². The summed E-state index contributed by atoms with van der Waals surface area (Å²) in [6, 6.07) is 4.55. The summed E-state index contributed by atoms with van der Waals surface area (Å²) < 4.78 is 0. The highest BCUT2D eigenvalue weighted by Gasteiger charge is 2.25. The normalized spacial score (nSPS) is 16.4. The summed E-state index contributed by atoms with van der Waals surface area (Å²) >= 11 is 5.78. The van der Waals surface area contributed by atoms with Crippen LogP contribution in [0.5, 0.6) is 0 Å². The van der Waals surface area contributed by atoms with Gasteiger partial charge in [-0.2, -0.15) is 5.10 Å². The molecule has 1 fully saturated rings. The van der Waals surface area contributed by atoms with Crippen LogP contribution in [0.4, 0.5) is 5.82 Å². The van der Waals surface area contributed by atoms with Crippen LogP contribution in [0.3, 0.4) is 0 Å². The molecule has 1 saturated carbocycles. The topological polar surface area (TPSA) is 29.0 Å². The van der Waals surface area contributed by atoms with Gasteiger partial charge >= 0.3 is 0 Å². The van der Waals surface area contributed by atoms with Gasteiger partial charge in [0.15, 0.2) is 5.82 Å². The fraction of sp³-hybridized carbons (Fsp3) is 0.600. The number of nitrogens with zero attached hydrogens (tertiary/aromatic N) is 3. The highest BCUT2D eigenvalue weighted by Crippen LogP contribution is 2.27. The van der Waals surface area contributed by atoms with E-state index in [1.807, 2.05) is 12.1 Å². The van der Waals surface area contributed by atoms with Crippen molar-refractivity contribution in [1.29, 1.82) is 0 Å². The molecule has 3 nitrogen and oxygen atoms in total. The van der Waals surface area contributed by atoms with E-state index >= 15 is 0 Å². The third-order valence-electron chi connectivity index (χ3n) is 2.69. The van der Waals surface area contributed by atoms with Crippen LogP contribution in [0.25, 0.3) is 0 Å². The van der Waals surface area contributed by atoms with Gasteiger partial charge in [-0.25, -0.2) is 0 Å². The van der Waals surface area contributed by atoms with Crippen LogP contribution in [0.1, 0.15) is 19.3 Å². The maximum Gasteiger partial charge on any atom is 0.151 e. The van der Waals surface area contributed by atoms with Crippen LogP contribution in [0, 0.1) is 0 Å². The van der Waals surface area contributed by atoms with E-state index in [0.717, 1.165) is 12.4 Å². The molecule has 76 valence electrons. The molecule has 0 bridgehead atoms. The van der Waals surface area contributed by atoms with Crippen molar-refractivity contribution in [2.75, 3.05) is 17.3 Å². The number of alkyl halides is 1. The van der Waals surface area contributed by atoms with Crippen LogP contribution < -0.4 is 4.90 Å². The fourth-order valence-corrected chi connectivity index (χ4v) is 1.90. The minimum Gasteiger partial charge on any atom is -0.351 e. The van der Waals surface area contributed by atoms with Gasteiger partial charge in [0, 0.05) is 24.7 Å². The lowest BCUT2D eigenvalue weighted by Gasteiger charge is -2.37. The first-order chi connectivity index (χ1) is 6.92. The average molecular weight is 212 g/mol. The Bertz CT molecular complexity index is 274. The van der Waals surface area contributed by atoms with Crippen LogP contribution >= 0.6 is 11.6 Å². The molecule has 0 atom stereocenters. The predicted molar refractivity (Wildman–Crippen MR) is 57.7 cm³/mol. The molecule has 1 aliphatic rings. The summed E-state index contributed by atoms with van der Waals surface area (Å²) in [4.78, 5) is 2.27. The highest BCUT2D eigenvalue weighted by molar-refractivity contribution is 6.18. The van der Waals surface area contributed by atoms with E-state index in [9.17, 15) is 0 Å². The van der Waals surface area contributed by atoms with E-state index in [2.05, 4.69) is 15.1 Å². The minimum atomic E-state index is 0.630. The molecule has 1 aromatic heterocycles. The Balaban J connectivity index is 2.09. The van der Waals surface area contributed by atoms with Crippen LogP contribution in [0.2, 0.25) is 0 Å². The SMILES string of the molecule is ClCCN(c1cccnn1)C1CCC1. The first kappa shape index (κ1) is 9.71. The Hall–Kier alpha value is -0.830. The quantitative estimate of drug-likeness (QED) is 0.715. The third kappa shape index (κ3) is 1.98. The van der Waals surface area contributed by atoms with Gasteiger partial charge in [0.2, 0.25) is 0 Å². The Morgan fingerprint density at radius 3 is 2.86 bits per heavy atom. The maximum atomic E-state index is 5.78. The minimum absolute atomic E-state index is 0.630. The molecule has 0 spiro atoms. The molecule has 1 aromatic rings. The summed E-state index contributed by atoms with van der Waals surface area (Å²) in [7, 11) is 0. The lowest BCUT2D eigenvalue weighted by atomic mass is 9.91. The Morgan fingerprint density at radius 2 is 2.36 bits per heavy atom. The molecule has 14 heavy (non-hydrogen) atoms. The molecule has 0 unspecified atom stereocenters. The number of rotatable bonds is 4. The lowest BCUT2D eigenvalue weighted by Crippen LogP contribution is -2.42. The largest absolute Gasteiger partial charge is 0.351 e. The van der Waals surface area contributed by atoms with Crippen LogP contribution in [-0.2, 0) is 0 Å². The lowest BCUT2D eigenvalue weighted by molar-refractivity contribution is 0.388. The van der Waals surface area contributed by atoms with Gasteiger partial charge in [-0.1, -0.05) is 0 Å². The van der Waals surface area contributed by atoms with Crippen molar-refractivity contribution in [2.45, 2.75) is 25.3 Å². The fourth-order valence-electron chi connectivity index (χ4n) is 1.72. The van der Waals surface area contributed by atoms with E-state index < -0.39 is 0 Å². The highest BCUT2D eigenvalue weighted by atomic mass is 35.5. The van der Waals surface area contributed by atoms with Gasteiger partial charge in [-0.05, 0) is 31.4 Å². The molecule has 0 saturated heterocycles. The Morgan fingerprint density at radius 1 is 1.50 bits per heavy atom. The zero-order valence-electron chi connectivity index (χ0n) is 8.06. The molecule has 1 aliphatic carbocycles. The summed E-state index contributed by atoms with van der Waals surface area (Å²) in [5, 5.41) is 8.01. The second kappa shape index (κ2) is 4.60. The van der Waals surface area contributed by atoms with Crippen LogP contribution in [-0.4, -0.2) is 28.7 Å². The number of aromatic nitrogens is 2. The van der Waals surface area contributed by atoms with Crippen molar-refractivity contribution < 1.29 is 0 Å². The van der Waals surface area contributed by atoms with Crippen molar-refractivity contribution in [3.63, 3.8) is 0 Å². The average Bonchev–Trinajstić information content (AvgIpc) is 2.16. The van der Waals surface area contributed by atoms with Crippen molar-refractivity contribution in [2.24, 2.45) is 0 Å². The van der Waals surface area contributed by atoms with Crippen molar-refractivity contribution in [1.82, 2.24) is 10.2 Å². The van der Waals surface area contributed by atoms with Gasteiger partial charge < -0.3 is 4.90 Å². The number of hydrogen-bond donors (Lipinski definition) is 0. The molecule has 0 aromatic carbocycles. The van der Waals surface area contributed by atoms with E-state index in [-0.39, 0.29) is 0 Å². The Kier molecular flexibility index (Phi) is 3.19. The van der Waals surface area contributed by atoms with Gasteiger partial charge in [0.05, 0.1) is 0 Å². The molecular formula is C10H14ClN3. The van der Waals surface area contributed by atoms with E-state index in [4.69, 9.17) is 11.6 Å². The Labute approximate surface area is 89.1 Å². The zero-order valence-corrected chi connectivity index (χ0v) is 8.82. The van der Waals surface area contributed by atoms with E-state index in [1.54, 1.807) is 6.20 Å². The first-order valence-corrected chi connectivity index (χ1v) is 5.55. The summed E-state index contributed by atoms with van der Waals surface area (Å²) in [5.74, 6) is 1.60. The summed E-state index contributed by atoms with van der Waals surface area (Å²) in [6.07, 6.45) is 5.54. The van der Waals surface area contributed by atoms with Gasteiger partial charge in [0.25, 0.3) is 0 Å². The first-order valence-electron chi connectivity index (χ1n) is 5.02. The molecule has 4 heteroatoms. The molecule has 2 rings (SSSR count). The van der Waals surface area contributed by atoms with Crippen molar-refractivity contribution in [3.05, 3.63) is 18.3 Å². The molecule has 0 radical (unpaired) electrons. The van der Waals surface area contributed by atoms with Gasteiger partial charge in [-0.3, -0.25) is 0 Å². The van der Waals surface area contributed by atoms with Crippen molar-refractivity contribution >= 4 is 17.4 Å². The molecule has 0 aliphatic heterocycles. The monoisotopic (exact) mass is 211 g/mol. The van der Waals surface area contributed by atoms with Gasteiger partial charge in [0.1, 0.15) is 0 Å². The number of anilines is 1. The molecular weight excluding hydrogens is 198 g/mol. The zero-order chi connectivity index (χ0) is 9.80. The van der Waals surface area contributed by atoms with E-state index in [1.165, 1.54) is 19.3 Å². The number of halogens is 1. The second-order valence-electron chi connectivity index (χ2n) is 3.55. The standard InChI is InChI=1S/C10H14ClN3/c11-6-8-14(9-3-1-4-9)10-5-2-7-12-13-10/h2,5,7,9H,1,3-4,6,8H2. The van der Waals surface area contributed by atoms with Gasteiger partial charge in [-0.15, -0.1) is 16.7 Å². The van der Waals surface area contributed by atoms with Crippen LogP contribution in [0.15, 0.2) is 18.3 Å². The summed E-state index contributed by atoms with van der Waals surface area (Å²) in [5.41, 5.74) is 0. The molecule has 1 heterocycles. The third-order valence-corrected chi connectivity index (χ3v) is 2.86. The second-order valence-corrected chi connectivity index (χ2v) is 3.93. The number of hydrogen-bond acceptors (Lipinski definition) is 3. The molecule has 0 amide bonds. The maximum absolute atomic E-state index is 5.78. The van der Waals surface area contributed by atoms with E-state index in [0.29, 0.717) is 11.9 Å². The molecule has 0 N–H and O–H groups in total. The smallest absolute Gasteiger partial charge is 0.151 e.